The van der Waals surface area contributed by atoms with Gasteiger partial charge in [0.05, 0.1) is 11.8 Å². The molecule has 2 rings (SSSR count). The summed E-state index contributed by atoms with van der Waals surface area (Å²) < 4.78 is 26.8. The van der Waals surface area contributed by atoms with Crippen LogP contribution in [-0.4, -0.2) is 25.7 Å². The van der Waals surface area contributed by atoms with Crippen LogP contribution >= 0.6 is 0 Å². The Morgan fingerprint density at radius 2 is 1.75 bits per heavy atom. The number of carboxylic acid groups (broad SMARTS) is 1. The molecular weight excluding hydrogens is 280 g/mol. The SMILES string of the molecule is CS(=O)(=O)Oc1ccc(-c2ccccc2)c(C(=O)O)c1. The molecule has 0 unspecified atom stereocenters. The van der Waals surface area contributed by atoms with Crippen LogP contribution < -0.4 is 4.18 Å². The van der Waals surface area contributed by atoms with Crippen molar-refractivity contribution in [3.8, 4) is 16.9 Å². The van der Waals surface area contributed by atoms with E-state index in [0.717, 1.165) is 11.8 Å². The Bertz CT molecular complexity index is 735. The molecule has 1 N–H and O–H groups in total. The van der Waals surface area contributed by atoms with Crippen molar-refractivity contribution in [3.63, 3.8) is 0 Å². The number of hydrogen-bond donors (Lipinski definition) is 1. The molecule has 0 aliphatic rings. The van der Waals surface area contributed by atoms with Gasteiger partial charge in [0, 0.05) is 0 Å². The fourth-order valence-electron chi connectivity index (χ4n) is 1.80. The number of carboxylic acids is 1. The molecule has 0 aliphatic heterocycles. The summed E-state index contributed by atoms with van der Waals surface area (Å²) in [6.07, 6.45) is 0.901. The predicted octanol–water partition coefficient (Wildman–Crippen LogP) is 2.39. The van der Waals surface area contributed by atoms with E-state index >= 15 is 0 Å². The fourth-order valence-corrected chi connectivity index (χ4v) is 2.25. The zero-order valence-corrected chi connectivity index (χ0v) is 11.4. The second kappa shape index (κ2) is 5.34. The first-order valence-corrected chi connectivity index (χ1v) is 7.51. The van der Waals surface area contributed by atoms with Crippen LogP contribution in [-0.2, 0) is 10.1 Å². The molecule has 0 amide bonds. The quantitative estimate of drug-likeness (QED) is 0.875. The summed E-state index contributed by atoms with van der Waals surface area (Å²) in [4.78, 5) is 11.3. The van der Waals surface area contributed by atoms with Gasteiger partial charge in [0.15, 0.2) is 0 Å². The van der Waals surface area contributed by atoms with Gasteiger partial charge < -0.3 is 9.29 Å². The van der Waals surface area contributed by atoms with E-state index in [0.29, 0.717) is 5.56 Å². The van der Waals surface area contributed by atoms with Crippen molar-refractivity contribution >= 4 is 16.1 Å². The molecule has 2 aromatic carbocycles. The monoisotopic (exact) mass is 292 g/mol. The molecule has 0 atom stereocenters. The summed E-state index contributed by atoms with van der Waals surface area (Å²) in [7, 11) is -3.69. The first kappa shape index (κ1) is 14.1. The van der Waals surface area contributed by atoms with Gasteiger partial charge >= 0.3 is 16.1 Å². The molecular formula is C14H12O5S. The van der Waals surface area contributed by atoms with E-state index in [1.54, 1.807) is 24.3 Å². The minimum Gasteiger partial charge on any atom is -0.478 e. The lowest BCUT2D eigenvalue weighted by Gasteiger charge is -2.09. The maximum absolute atomic E-state index is 11.3. The summed E-state index contributed by atoms with van der Waals surface area (Å²) in [6, 6.07) is 13.1. The highest BCUT2D eigenvalue weighted by Crippen LogP contribution is 2.27. The first-order valence-electron chi connectivity index (χ1n) is 5.69. The van der Waals surface area contributed by atoms with Crippen molar-refractivity contribution in [2.45, 2.75) is 0 Å². The summed E-state index contributed by atoms with van der Waals surface area (Å²) >= 11 is 0. The van der Waals surface area contributed by atoms with Crippen LogP contribution in [0.3, 0.4) is 0 Å². The Kier molecular flexibility index (Phi) is 3.76. The Morgan fingerprint density at radius 3 is 2.30 bits per heavy atom. The lowest BCUT2D eigenvalue weighted by Crippen LogP contribution is -2.07. The topological polar surface area (TPSA) is 80.7 Å². The van der Waals surface area contributed by atoms with Crippen molar-refractivity contribution in [1.29, 1.82) is 0 Å². The minimum absolute atomic E-state index is 0.0163. The Hall–Kier alpha value is -2.34. The molecule has 0 saturated heterocycles. The predicted molar refractivity (Wildman–Crippen MR) is 74.3 cm³/mol. The van der Waals surface area contributed by atoms with Crippen LogP contribution in [0.2, 0.25) is 0 Å². The second-order valence-corrected chi connectivity index (χ2v) is 5.74. The third kappa shape index (κ3) is 3.36. The van der Waals surface area contributed by atoms with Crippen LogP contribution in [0.1, 0.15) is 10.4 Å². The number of hydrogen-bond acceptors (Lipinski definition) is 4. The Morgan fingerprint density at radius 1 is 1.10 bits per heavy atom. The molecule has 2 aromatic rings. The zero-order valence-electron chi connectivity index (χ0n) is 10.6. The number of benzene rings is 2. The third-order valence-corrected chi connectivity index (χ3v) is 3.05. The van der Waals surface area contributed by atoms with Crippen molar-refractivity contribution in [2.24, 2.45) is 0 Å². The Balaban J connectivity index is 2.52. The summed E-state index contributed by atoms with van der Waals surface area (Å²) in [6.45, 7) is 0. The van der Waals surface area contributed by atoms with Gasteiger partial charge in [0.25, 0.3) is 0 Å². The molecule has 0 bridgehead atoms. The standard InChI is InChI=1S/C14H12O5S/c1-20(17,18)19-11-7-8-12(13(9-11)14(15)16)10-5-3-2-4-6-10/h2-9H,1H3,(H,15,16). The van der Waals surface area contributed by atoms with E-state index in [4.69, 9.17) is 4.18 Å². The second-order valence-electron chi connectivity index (χ2n) is 4.17. The molecule has 5 nitrogen and oxygen atoms in total. The highest BCUT2D eigenvalue weighted by atomic mass is 32.2. The van der Waals surface area contributed by atoms with E-state index in [1.165, 1.54) is 18.2 Å². The lowest BCUT2D eigenvalue weighted by atomic mass is 9.99. The van der Waals surface area contributed by atoms with Crippen LogP contribution in [0.4, 0.5) is 0 Å². The average Bonchev–Trinajstić information content (AvgIpc) is 2.37. The smallest absolute Gasteiger partial charge is 0.336 e. The zero-order chi connectivity index (χ0) is 14.8. The van der Waals surface area contributed by atoms with Crippen molar-refractivity contribution in [3.05, 3.63) is 54.1 Å². The summed E-state index contributed by atoms with van der Waals surface area (Å²) in [5.74, 6) is -1.17. The lowest BCUT2D eigenvalue weighted by molar-refractivity contribution is 0.0697. The average molecular weight is 292 g/mol. The summed E-state index contributed by atoms with van der Waals surface area (Å²) in [5, 5.41) is 9.24. The Labute approximate surface area is 116 Å². The molecule has 0 saturated carbocycles. The number of carbonyl (C=O) groups is 1. The van der Waals surface area contributed by atoms with Crippen molar-refractivity contribution in [2.75, 3.05) is 6.26 Å². The van der Waals surface area contributed by atoms with Gasteiger partial charge in [-0.05, 0) is 29.3 Å². The maximum Gasteiger partial charge on any atom is 0.336 e. The van der Waals surface area contributed by atoms with E-state index in [9.17, 15) is 18.3 Å². The van der Waals surface area contributed by atoms with Gasteiger partial charge in [-0.2, -0.15) is 8.42 Å². The number of aromatic carboxylic acids is 1. The van der Waals surface area contributed by atoms with E-state index in [1.807, 2.05) is 6.07 Å². The van der Waals surface area contributed by atoms with Crippen LogP contribution in [0.25, 0.3) is 11.1 Å². The van der Waals surface area contributed by atoms with Gasteiger partial charge in [-0.25, -0.2) is 4.79 Å². The first-order chi connectivity index (χ1) is 9.37. The van der Waals surface area contributed by atoms with Gasteiger partial charge in [-0.3, -0.25) is 0 Å². The number of rotatable bonds is 4. The van der Waals surface area contributed by atoms with Gasteiger partial charge in [0.2, 0.25) is 0 Å². The van der Waals surface area contributed by atoms with Crippen LogP contribution in [0.5, 0.6) is 5.75 Å². The summed E-state index contributed by atoms with van der Waals surface area (Å²) in [5.41, 5.74) is 1.21. The molecule has 0 aliphatic carbocycles. The molecule has 0 aromatic heterocycles. The van der Waals surface area contributed by atoms with E-state index in [2.05, 4.69) is 0 Å². The normalized spacial score (nSPS) is 11.1. The van der Waals surface area contributed by atoms with E-state index in [-0.39, 0.29) is 11.3 Å². The highest BCUT2D eigenvalue weighted by molar-refractivity contribution is 7.86. The minimum atomic E-state index is -3.69. The molecule has 6 heteroatoms. The molecule has 0 heterocycles. The molecule has 104 valence electrons. The van der Waals surface area contributed by atoms with Crippen LogP contribution in [0.15, 0.2) is 48.5 Å². The third-order valence-electron chi connectivity index (χ3n) is 2.55. The molecule has 0 radical (unpaired) electrons. The largest absolute Gasteiger partial charge is 0.478 e. The molecule has 0 fully saturated rings. The molecule has 0 spiro atoms. The van der Waals surface area contributed by atoms with Gasteiger partial charge in [-0.15, -0.1) is 0 Å². The van der Waals surface area contributed by atoms with Gasteiger partial charge in [0.1, 0.15) is 5.75 Å². The van der Waals surface area contributed by atoms with Gasteiger partial charge in [-0.1, -0.05) is 30.3 Å². The van der Waals surface area contributed by atoms with E-state index < -0.39 is 16.1 Å². The molecule has 20 heavy (non-hydrogen) atoms. The van der Waals surface area contributed by atoms with Crippen molar-refractivity contribution < 1.29 is 22.5 Å². The highest BCUT2D eigenvalue weighted by Gasteiger charge is 2.14. The van der Waals surface area contributed by atoms with Crippen LogP contribution in [0, 0.1) is 0 Å². The maximum atomic E-state index is 11.3. The fraction of sp³-hybridized carbons (Fsp3) is 0.0714. The van der Waals surface area contributed by atoms with Crippen molar-refractivity contribution in [1.82, 2.24) is 0 Å².